The predicted octanol–water partition coefficient (Wildman–Crippen LogP) is 4.55. The number of fused-ring (bicyclic) bond motifs is 1. The number of pyridine rings is 1. The fourth-order valence-electron chi connectivity index (χ4n) is 2.73. The predicted molar refractivity (Wildman–Crippen MR) is 77.4 cm³/mol. The molecule has 18 heavy (non-hydrogen) atoms. The van der Waals surface area contributed by atoms with E-state index < -0.39 is 0 Å². The lowest BCUT2D eigenvalue weighted by molar-refractivity contribution is 0.751. The van der Waals surface area contributed by atoms with Gasteiger partial charge in [-0.3, -0.25) is 0 Å². The molecule has 0 spiro atoms. The zero-order valence-corrected chi connectivity index (χ0v) is 11.3. The van der Waals surface area contributed by atoms with Crippen LogP contribution in [0.1, 0.15) is 31.2 Å². The van der Waals surface area contributed by atoms with Crippen molar-refractivity contribution in [1.29, 1.82) is 0 Å². The molecular weight excluding hydrogens is 244 g/mol. The minimum absolute atomic E-state index is 0.591. The van der Waals surface area contributed by atoms with Crippen molar-refractivity contribution in [2.45, 2.75) is 38.6 Å². The van der Waals surface area contributed by atoms with Gasteiger partial charge in [0.15, 0.2) is 0 Å². The molecule has 1 heterocycles. The Bertz CT molecular complexity index is 574. The van der Waals surface area contributed by atoms with E-state index in [1.54, 1.807) is 0 Å². The van der Waals surface area contributed by atoms with Gasteiger partial charge >= 0.3 is 0 Å². The number of aryl methyl sites for hydroxylation is 1. The number of nitrogens with zero attached hydrogens (tertiary/aromatic N) is 1. The van der Waals surface area contributed by atoms with Crippen LogP contribution in [0.4, 0.5) is 5.82 Å². The van der Waals surface area contributed by atoms with E-state index in [1.165, 1.54) is 36.6 Å². The summed E-state index contributed by atoms with van der Waals surface area (Å²) >= 11 is 6.03. The monoisotopic (exact) mass is 260 g/mol. The summed E-state index contributed by atoms with van der Waals surface area (Å²) in [6.07, 6.45) is 5.18. The molecule has 1 aliphatic carbocycles. The highest BCUT2D eigenvalue weighted by atomic mass is 35.5. The quantitative estimate of drug-likeness (QED) is 0.857. The van der Waals surface area contributed by atoms with Crippen LogP contribution in [0.3, 0.4) is 0 Å². The molecule has 0 amide bonds. The average molecular weight is 261 g/mol. The van der Waals surface area contributed by atoms with Crippen LogP contribution in [-0.2, 0) is 0 Å². The van der Waals surface area contributed by atoms with Crippen molar-refractivity contribution in [3.63, 3.8) is 0 Å². The molecule has 1 N–H and O–H groups in total. The first kappa shape index (κ1) is 11.8. The van der Waals surface area contributed by atoms with Crippen molar-refractivity contribution in [1.82, 2.24) is 4.98 Å². The Kier molecular flexibility index (Phi) is 3.13. The van der Waals surface area contributed by atoms with E-state index in [0.29, 0.717) is 6.04 Å². The summed E-state index contributed by atoms with van der Waals surface area (Å²) in [7, 11) is 0. The van der Waals surface area contributed by atoms with Gasteiger partial charge in [-0.1, -0.05) is 30.5 Å². The Morgan fingerprint density at radius 2 is 2.00 bits per heavy atom. The van der Waals surface area contributed by atoms with Crippen molar-refractivity contribution in [2.75, 3.05) is 5.32 Å². The molecule has 1 aromatic carbocycles. The minimum Gasteiger partial charge on any atom is -0.367 e. The highest BCUT2D eigenvalue weighted by molar-refractivity contribution is 6.31. The van der Waals surface area contributed by atoms with Crippen LogP contribution in [-0.4, -0.2) is 11.0 Å². The zero-order valence-electron chi connectivity index (χ0n) is 10.5. The molecule has 1 saturated carbocycles. The van der Waals surface area contributed by atoms with E-state index in [2.05, 4.69) is 23.3 Å². The minimum atomic E-state index is 0.591. The Morgan fingerprint density at radius 3 is 2.78 bits per heavy atom. The van der Waals surface area contributed by atoms with Crippen molar-refractivity contribution in [3.8, 4) is 0 Å². The van der Waals surface area contributed by atoms with Crippen molar-refractivity contribution in [3.05, 3.63) is 34.9 Å². The summed E-state index contributed by atoms with van der Waals surface area (Å²) in [4.78, 5) is 4.66. The van der Waals surface area contributed by atoms with E-state index >= 15 is 0 Å². The molecule has 0 unspecified atom stereocenters. The Morgan fingerprint density at radius 1 is 1.22 bits per heavy atom. The molecule has 0 atom stereocenters. The largest absolute Gasteiger partial charge is 0.367 e. The van der Waals surface area contributed by atoms with Gasteiger partial charge in [0.25, 0.3) is 0 Å². The summed E-state index contributed by atoms with van der Waals surface area (Å²) in [6.45, 7) is 2.12. The average Bonchev–Trinajstić information content (AvgIpc) is 2.81. The van der Waals surface area contributed by atoms with Gasteiger partial charge in [0.05, 0.1) is 5.52 Å². The van der Waals surface area contributed by atoms with Crippen molar-refractivity contribution >= 4 is 28.3 Å². The van der Waals surface area contributed by atoms with E-state index in [9.17, 15) is 0 Å². The lowest BCUT2D eigenvalue weighted by atomic mass is 10.1. The third-order valence-electron chi connectivity index (χ3n) is 3.69. The third-order valence-corrected chi connectivity index (χ3v) is 3.92. The van der Waals surface area contributed by atoms with E-state index in [-0.39, 0.29) is 0 Å². The first-order chi connectivity index (χ1) is 8.72. The second kappa shape index (κ2) is 4.77. The van der Waals surface area contributed by atoms with Gasteiger partial charge in [0.1, 0.15) is 5.82 Å². The number of hydrogen-bond acceptors (Lipinski definition) is 2. The van der Waals surface area contributed by atoms with Crippen LogP contribution >= 0.6 is 11.6 Å². The molecule has 3 heteroatoms. The molecule has 2 nitrogen and oxygen atoms in total. The van der Waals surface area contributed by atoms with Crippen LogP contribution < -0.4 is 5.32 Å². The maximum atomic E-state index is 6.03. The van der Waals surface area contributed by atoms with Gasteiger partial charge in [0.2, 0.25) is 0 Å². The summed E-state index contributed by atoms with van der Waals surface area (Å²) in [5.74, 6) is 0.981. The van der Waals surface area contributed by atoms with Crippen LogP contribution in [0, 0.1) is 6.92 Å². The van der Waals surface area contributed by atoms with Gasteiger partial charge < -0.3 is 5.32 Å². The Balaban J connectivity index is 1.97. The van der Waals surface area contributed by atoms with E-state index in [1.807, 2.05) is 18.2 Å². The van der Waals surface area contributed by atoms with Gasteiger partial charge in [0, 0.05) is 16.5 Å². The van der Waals surface area contributed by atoms with Gasteiger partial charge in [-0.2, -0.15) is 0 Å². The molecule has 1 fully saturated rings. The Hall–Kier alpha value is -1.28. The number of aromatic nitrogens is 1. The molecule has 0 aliphatic heterocycles. The maximum Gasteiger partial charge on any atom is 0.127 e. The summed E-state index contributed by atoms with van der Waals surface area (Å²) in [6, 6.07) is 8.62. The lowest BCUT2D eigenvalue weighted by Crippen LogP contribution is -2.15. The normalized spacial score (nSPS) is 16.3. The number of hydrogen-bond donors (Lipinski definition) is 1. The molecule has 0 radical (unpaired) electrons. The molecule has 0 bridgehead atoms. The number of rotatable bonds is 2. The first-order valence-electron chi connectivity index (χ1n) is 6.56. The highest BCUT2D eigenvalue weighted by Gasteiger charge is 2.15. The highest BCUT2D eigenvalue weighted by Crippen LogP contribution is 2.26. The van der Waals surface area contributed by atoms with Crippen LogP contribution in [0.25, 0.3) is 10.9 Å². The van der Waals surface area contributed by atoms with Crippen LogP contribution in [0.2, 0.25) is 5.02 Å². The van der Waals surface area contributed by atoms with E-state index in [0.717, 1.165) is 16.4 Å². The maximum absolute atomic E-state index is 6.03. The number of halogens is 1. The second-order valence-electron chi connectivity index (χ2n) is 5.11. The molecule has 0 saturated heterocycles. The summed E-state index contributed by atoms with van der Waals surface area (Å²) < 4.78 is 0. The Labute approximate surface area is 112 Å². The number of benzene rings is 1. The summed E-state index contributed by atoms with van der Waals surface area (Å²) in [5.41, 5.74) is 2.22. The summed E-state index contributed by atoms with van der Waals surface area (Å²) in [5, 5.41) is 5.46. The van der Waals surface area contributed by atoms with Crippen molar-refractivity contribution < 1.29 is 0 Å². The molecule has 1 aromatic heterocycles. The fourth-order valence-corrected chi connectivity index (χ4v) is 2.90. The lowest BCUT2D eigenvalue weighted by Gasteiger charge is -2.14. The first-order valence-corrected chi connectivity index (χ1v) is 6.93. The topological polar surface area (TPSA) is 24.9 Å². The number of nitrogens with one attached hydrogen (secondary N) is 1. The third kappa shape index (κ3) is 2.30. The molecule has 3 rings (SSSR count). The zero-order chi connectivity index (χ0) is 12.5. The van der Waals surface area contributed by atoms with E-state index in [4.69, 9.17) is 11.6 Å². The second-order valence-corrected chi connectivity index (χ2v) is 5.55. The fraction of sp³-hybridized carbons (Fsp3) is 0.400. The van der Waals surface area contributed by atoms with Gasteiger partial charge in [-0.15, -0.1) is 0 Å². The van der Waals surface area contributed by atoms with Crippen LogP contribution in [0.5, 0.6) is 0 Å². The molecular formula is C15H17ClN2. The molecule has 2 aromatic rings. The molecule has 1 aliphatic rings. The van der Waals surface area contributed by atoms with Crippen LogP contribution in [0.15, 0.2) is 24.3 Å². The van der Waals surface area contributed by atoms with Gasteiger partial charge in [-0.05, 0) is 43.5 Å². The smallest absolute Gasteiger partial charge is 0.127 e. The van der Waals surface area contributed by atoms with Crippen molar-refractivity contribution in [2.24, 2.45) is 0 Å². The van der Waals surface area contributed by atoms with Gasteiger partial charge in [-0.25, -0.2) is 4.98 Å². The standard InChI is InChI=1S/C15H17ClN2/c1-10-8-15(17-12-4-2-3-5-12)18-14-9-11(16)6-7-13(10)14/h6-9,12H,2-5H2,1H3,(H,17,18). The molecule has 94 valence electrons. The SMILES string of the molecule is Cc1cc(NC2CCCC2)nc2cc(Cl)ccc12. The number of anilines is 1.